The fraction of sp³-hybridized carbons (Fsp3) is 0.333. The Hall–Kier alpha value is -1.66. The number of hydrogen-bond donors (Lipinski definition) is 1. The number of benzene rings is 1. The van der Waals surface area contributed by atoms with Gasteiger partial charge >= 0.3 is 12.1 Å². The Morgan fingerprint density at radius 1 is 1.25 bits per heavy atom. The van der Waals surface area contributed by atoms with Crippen LogP contribution in [0.2, 0.25) is 10.0 Å². The molecule has 1 aromatic rings. The van der Waals surface area contributed by atoms with Crippen molar-refractivity contribution in [2.24, 2.45) is 16.1 Å². The molecule has 0 bridgehead atoms. The fourth-order valence-electron chi connectivity index (χ4n) is 1.08. The summed E-state index contributed by atoms with van der Waals surface area (Å²) in [4.78, 5) is 22.5. The number of amides is 3. The smallest absolute Gasteiger partial charge is 0.447 e. The Morgan fingerprint density at radius 3 is 2.55 bits per heavy atom. The van der Waals surface area contributed by atoms with E-state index in [-0.39, 0.29) is 17.5 Å². The van der Waals surface area contributed by atoms with Gasteiger partial charge in [-0.15, -0.1) is 0 Å². The maximum Gasteiger partial charge on any atom is 0.452 e. The summed E-state index contributed by atoms with van der Waals surface area (Å²) in [5, 5.41) is 9.33. The van der Waals surface area contributed by atoms with E-state index in [0.29, 0.717) is 10.7 Å². The molecular formula is C12H13Cl2N3O3. The predicted octanol–water partition coefficient (Wildman–Crippen LogP) is 4.77. The van der Waals surface area contributed by atoms with Crippen molar-refractivity contribution < 1.29 is 14.3 Å². The van der Waals surface area contributed by atoms with E-state index in [4.69, 9.17) is 27.9 Å². The third kappa shape index (κ3) is 5.99. The number of anilines is 1. The largest absolute Gasteiger partial charge is 0.452 e. The highest BCUT2D eigenvalue weighted by atomic mass is 35.5. The van der Waals surface area contributed by atoms with Crippen LogP contribution >= 0.6 is 23.2 Å². The summed E-state index contributed by atoms with van der Waals surface area (Å²) < 4.78 is 4.72. The zero-order chi connectivity index (χ0) is 15.1. The molecule has 0 unspecified atom stereocenters. The van der Waals surface area contributed by atoms with Crippen LogP contribution in [0, 0.1) is 5.92 Å². The molecule has 8 heteroatoms. The summed E-state index contributed by atoms with van der Waals surface area (Å²) >= 11 is 11.5. The third-order valence-corrected chi connectivity index (χ3v) is 2.67. The molecule has 1 N–H and O–H groups in total. The minimum atomic E-state index is -0.914. The van der Waals surface area contributed by atoms with Gasteiger partial charge in [-0.2, -0.15) is 0 Å². The average Bonchev–Trinajstić information content (AvgIpc) is 2.38. The molecule has 1 rings (SSSR count). The first kappa shape index (κ1) is 16.4. The number of nitrogens with one attached hydrogen (secondary N) is 1. The monoisotopic (exact) mass is 317 g/mol. The second kappa shape index (κ2) is 7.81. The quantitative estimate of drug-likeness (QED) is 0.815. The van der Waals surface area contributed by atoms with Crippen LogP contribution in [0.3, 0.4) is 0 Å². The fourth-order valence-corrected chi connectivity index (χ4v) is 1.37. The van der Waals surface area contributed by atoms with Gasteiger partial charge in [0.15, 0.2) is 0 Å². The van der Waals surface area contributed by atoms with Gasteiger partial charge in [0.2, 0.25) is 0 Å². The number of azo groups is 1. The number of carbonyl (C=O) groups is 2. The summed E-state index contributed by atoms with van der Waals surface area (Å²) in [6.45, 7) is 3.97. The minimum absolute atomic E-state index is 0.180. The van der Waals surface area contributed by atoms with E-state index < -0.39 is 12.1 Å². The predicted molar refractivity (Wildman–Crippen MR) is 76.5 cm³/mol. The van der Waals surface area contributed by atoms with Crippen LogP contribution in [0.25, 0.3) is 0 Å². The van der Waals surface area contributed by atoms with Gasteiger partial charge in [0, 0.05) is 5.69 Å². The molecule has 0 saturated heterocycles. The van der Waals surface area contributed by atoms with Gasteiger partial charge in [0.25, 0.3) is 0 Å². The molecule has 0 fully saturated rings. The first-order valence-electron chi connectivity index (χ1n) is 5.73. The van der Waals surface area contributed by atoms with Crippen LogP contribution in [0.1, 0.15) is 13.8 Å². The Morgan fingerprint density at radius 2 is 1.95 bits per heavy atom. The van der Waals surface area contributed by atoms with E-state index in [1.54, 1.807) is 6.07 Å². The molecule has 1 aromatic carbocycles. The van der Waals surface area contributed by atoms with Crippen LogP contribution in [-0.2, 0) is 4.74 Å². The number of ether oxygens (including phenoxy) is 1. The Balaban J connectivity index is 2.50. The second-order valence-electron chi connectivity index (χ2n) is 4.23. The average molecular weight is 318 g/mol. The molecule has 0 aromatic heterocycles. The Kier molecular flexibility index (Phi) is 6.41. The summed E-state index contributed by atoms with van der Waals surface area (Å²) in [5.41, 5.74) is 0.388. The standard InChI is InChI=1S/C12H13Cl2N3O3/c1-7(2)6-20-12(19)17-16-11(18)15-8-3-4-9(13)10(14)5-8/h3-5,7H,6H2,1-2H3,(H,15,18)/b17-16+. The molecule has 0 heterocycles. The van der Waals surface area contributed by atoms with Crippen LogP contribution in [0.15, 0.2) is 28.4 Å². The molecule has 3 amide bonds. The van der Waals surface area contributed by atoms with E-state index in [9.17, 15) is 9.59 Å². The second-order valence-corrected chi connectivity index (χ2v) is 5.04. The summed E-state index contributed by atoms with van der Waals surface area (Å²) in [5.74, 6) is 0.180. The zero-order valence-corrected chi connectivity index (χ0v) is 12.4. The molecule has 0 spiro atoms. The molecule has 0 aliphatic heterocycles. The van der Waals surface area contributed by atoms with E-state index in [0.717, 1.165) is 0 Å². The van der Waals surface area contributed by atoms with Crippen molar-refractivity contribution in [2.45, 2.75) is 13.8 Å². The molecule has 0 saturated carbocycles. The number of hydrogen-bond acceptors (Lipinski definition) is 3. The van der Waals surface area contributed by atoms with Crippen molar-refractivity contribution in [2.75, 3.05) is 11.9 Å². The molecule has 6 nitrogen and oxygen atoms in total. The summed E-state index contributed by atoms with van der Waals surface area (Å²) in [6.07, 6.45) is -0.914. The van der Waals surface area contributed by atoms with Crippen molar-refractivity contribution in [3.63, 3.8) is 0 Å². The van der Waals surface area contributed by atoms with Crippen molar-refractivity contribution in [1.82, 2.24) is 0 Å². The number of nitrogens with zero attached hydrogens (tertiary/aromatic N) is 2. The normalized spacial score (nSPS) is 10.8. The van der Waals surface area contributed by atoms with Crippen LogP contribution in [0.4, 0.5) is 15.3 Å². The van der Waals surface area contributed by atoms with Crippen LogP contribution < -0.4 is 5.32 Å². The summed E-state index contributed by atoms with van der Waals surface area (Å²) in [6, 6.07) is 3.70. The maximum atomic E-state index is 11.4. The zero-order valence-electron chi connectivity index (χ0n) is 10.9. The Bertz CT molecular complexity index is 533. The number of rotatable bonds is 3. The van der Waals surface area contributed by atoms with Crippen molar-refractivity contribution in [1.29, 1.82) is 0 Å². The lowest BCUT2D eigenvalue weighted by Gasteiger charge is -2.03. The third-order valence-electron chi connectivity index (χ3n) is 1.93. The lowest BCUT2D eigenvalue weighted by molar-refractivity contribution is 0.141. The van der Waals surface area contributed by atoms with Crippen LogP contribution in [-0.4, -0.2) is 18.7 Å². The van der Waals surface area contributed by atoms with E-state index >= 15 is 0 Å². The number of urea groups is 1. The molecule has 0 atom stereocenters. The molecule has 108 valence electrons. The van der Waals surface area contributed by atoms with Crippen LogP contribution in [0.5, 0.6) is 0 Å². The highest BCUT2D eigenvalue weighted by Gasteiger charge is 2.06. The van der Waals surface area contributed by atoms with E-state index in [2.05, 4.69) is 15.5 Å². The first-order valence-corrected chi connectivity index (χ1v) is 6.48. The molecule has 20 heavy (non-hydrogen) atoms. The van der Waals surface area contributed by atoms with E-state index in [1.807, 2.05) is 13.8 Å². The number of halogens is 2. The minimum Gasteiger partial charge on any atom is -0.447 e. The van der Waals surface area contributed by atoms with Gasteiger partial charge in [-0.05, 0) is 24.1 Å². The van der Waals surface area contributed by atoms with Crippen molar-refractivity contribution >= 4 is 41.0 Å². The highest BCUT2D eigenvalue weighted by Crippen LogP contribution is 2.24. The van der Waals surface area contributed by atoms with Gasteiger partial charge < -0.3 is 10.1 Å². The Labute approximate surface area is 126 Å². The van der Waals surface area contributed by atoms with Gasteiger partial charge in [-0.3, -0.25) is 0 Å². The van der Waals surface area contributed by atoms with Gasteiger partial charge in [-0.25, -0.2) is 9.59 Å². The van der Waals surface area contributed by atoms with Crippen molar-refractivity contribution in [3.8, 4) is 0 Å². The SMILES string of the molecule is CC(C)COC(=O)/N=N/C(=O)Nc1ccc(Cl)c(Cl)c1. The van der Waals surface area contributed by atoms with E-state index in [1.165, 1.54) is 12.1 Å². The topological polar surface area (TPSA) is 80.1 Å². The van der Waals surface area contributed by atoms with Gasteiger partial charge in [0.1, 0.15) is 0 Å². The molecular weight excluding hydrogens is 305 g/mol. The lowest BCUT2D eigenvalue weighted by atomic mass is 10.2. The summed E-state index contributed by atoms with van der Waals surface area (Å²) in [7, 11) is 0. The molecule has 0 radical (unpaired) electrons. The lowest BCUT2D eigenvalue weighted by Crippen LogP contribution is -2.08. The molecule has 0 aliphatic rings. The maximum absolute atomic E-state index is 11.4. The first-order chi connectivity index (χ1) is 9.38. The molecule has 0 aliphatic carbocycles. The highest BCUT2D eigenvalue weighted by molar-refractivity contribution is 6.42. The van der Waals surface area contributed by atoms with Gasteiger partial charge in [-0.1, -0.05) is 47.3 Å². The van der Waals surface area contributed by atoms with Crippen molar-refractivity contribution in [3.05, 3.63) is 28.2 Å². The van der Waals surface area contributed by atoms with Gasteiger partial charge in [0.05, 0.1) is 16.7 Å². The number of carbonyl (C=O) groups excluding carboxylic acids is 2.